The van der Waals surface area contributed by atoms with Gasteiger partial charge in [0.25, 0.3) is 0 Å². The van der Waals surface area contributed by atoms with Crippen molar-refractivity contribution >= 4 is 48.7 Å². The lowest BCUT2D eigenvalue weighted by molar-refractivity contribution is 0.410. The third-order valence-electron chi connectivity index (χ3n) is 7.95. The Bertz CT molecular complexity index is 1670. The van der Waals surface area contributed by atoms with Crippen LogP contribution in [0, 0.1) is 13.8 Å². The van der Waals surface area contributed by atoms with Crippen LogP contribution in [-0.2, 0) is 0 Å². The van der Waals surface area contributed by atoms with Crippen LogP contribution in [0.15, 0.2) is 146 Å². The molecular formula is C40H38N2O2P2. The minimum absolute atomic E-state index is 0.778. The molecule has 0 amide bonds. The largest absolute Gasteiger partial charge is 0.496 e. The SMILES string of the molecule is COc1ccc(C)c(NP(c2ccccc2)c2ccccc2)c1-c1c(OC)ccc(C)c1NP(c1ccccc1)c1ccccc1. The Labute approximate surface area is 275 Å². The first kappa shape index (κ1) is 31.4. The molecule has 230 valence electrons. The highest BCUT2D eigenvalue weighted by Gasteiger charge is 2.27. The van der Waals surface area contributed by atoms with Gasteiger partial charge >= 0.3 is 0 Å². The van der Waals surface area contributed by atoms with Gasteiger partial charge in [0.05, 0.1) is 52.9 Å². The molecule has 6 aromatic rings. The zero-order chi connectivity index (χ0) is 31.9. The zero-order valence-electron chi connectivity index (χ0n) is 26.6. The summed E-state index contributed by atoms with van der Waals surface area (Å²) >= 11 is 0. The molecule has 0 atom stereocenters. The van der Waals surface area contributed by atoms with Gasteiger partial charge in [0.1, 0.15) is 11.5 Å². The number of benzene rings is 6. The van der Waals surface area contributed by atoms with Crippen molar-refractivity contribution in [2.45, 2.75) is 13.8 Å². The van der Waals surface area contributed by atoms with Gasteiger partial charge in [-0.05, 0) is 37.1 Å². The first-order chi connectivity index (χ1) is 22.6. The molecule has 0 saturated heterocycles. The van der Waals surface area contributed by atoms with Crippen molar-refractivity contribution in [3.63, 3.8) is 0 Å². The Morgan fingerprint density at radius 3 is 0.935 bits per heavy atom. The van der Waals surface area contributed by atoms with Crippen LogP contribution in [0.4, 0.5) is 11.4 Å². The molecule has 4 nitrogen and oxygen atoms in total. The molecule has 6 rings (SSSR count). The van der Waals surface area contributed by atoms with E-state index in [-0.39, 0.29) is 0 Å². The summed E-state index contributed by atoms with van der Waals surface area (Å²) in [5.41, 5.74) is 6.24. The second-order valence-corrected chi connectivity index (χ2v) is 14.8. The smallest absolute Gasteiger partial charge is 0.129 e. The first-order valence-electron chi connectivity index (χ1n) is 15.3. The molecule has 0 unspecified atom stereocenters. The average Bonchev–Trinajstić information content (AvgIpc) is 3.12. The van der Waals surface area contributed by atoms with Crippen LogP contribution in [0.25, 0.3) is 11.1 Å². The Balaban J connectivity index is 1.57. The Kier molecular flexibility index (Phi) is 9.99. The van der Waals surface area contributed by atoms with E-state index in [0.29, 0.717) is 0 Å². The third-order valence-corrected chi connectivity index (χ3v) is 12.1. The lowest BCUT2D eigenvalue weighted by Crippen LogP contribution is -2.19. The van der Waals surface area contributed by atoms with Crippen LogP contribution in [0.2, 0.25) is 0 Å². The van der Waals surface area contributed by atoms with E-state index in [2.05, 4.69) is 170 Å². The zero-order valence-corrected chi connectivity index (χ0v) is 28.4. The fourth-order valence-corrected chi connectivity index (χ4v) is 9.61. The molecule has 46 heavy (non-hydrogen) atoms. The Morgan fingerprint density at radius 2 is 0.674 bits per heavy atom. The van der Waals surface area contributed by atoms with Gasteiger partial charge in [0, 0.05) is 21.2 Å². The van der Waals surface area contributed by atoms with Crippen molar-refractivity contribution in [1.82, 2.24) is 0 Å². The van der Waals surface area contributed by atoms with E-state index in [1.165, 1.54) is 21.2 Å². The van der Waals surface area contributed by atoms with E-state index < -0.39 is 16.1 Å². The molecule has 6 aromatic carbocycles. The Hall–Kier alpha value is -4.62. The lowest BCUT2D eigenvalue weighted by atomic mass is 9.95. The summed E-state index contributed by atoms with van der Waals surface area (Å²) in [6, 6.07) is 51.1. The van der Waals surface area contributed by atoms with Crippen LogP contribution in [-0.4, -0.2) is 14.2 Å². The first-order valence-corrected chi connectivity index (χ1v) is 18.0. The number of methoxy groups -OCH3 is 2. The number of rotatable bonds is 11. The number of hydrogen-bond donors (Lipinski definition) is 2. The van der Waals surface area contributed by atoms with E-state index in [1.54, 1.807) is 14.2 Å². The highest BCUT2D eigenvalue weighted by molar-refractivity contribution is 7.74. The highest BCUT2D eigenvalue weighted by atomic mass is 31.1. The molecule has 6 heteroatoms. The second kappa shape index (κ2) is 14.6. The van der Waals surface area contributed by atoms with Crippen LogP contribution >= 0.6 is 16.1 Å². The van der Waals surface area contributed by atoms with Gasteiger partial charge in [0.15, 0.2) is 0 Å². The molecular weight excluding hydrogens is 602 g/mol. The van der Waals surface area contributed by atoms with E-state index in [0.717, 1.165) is 45.1 Å². The quantitative estimate of drug-likeness (QED) is 0.139. The van der Waals surface area contributed by atoms with Crippen molar-refractivity contribution in [1.29, 1.82) is 0 Å². The molecule has 0 spiro atoms. The fraction of sp³-hybridized carbons (Fsp3) is 0.100. The maximum atomic E-state index is 6.15. The van der Waals surface area contributed by atoms with Gasteiger partial charge in [-0.2, -0.15) is 0 Å². The molecule has 0 aliphatic carbocycles. The van der Waals surface area contributed by atoms with Crippen molar-refractivity contribution < 1.29 is 9.47 Å². The van der Waals surface area contributed by atoms with E-state index in [9.17, 15) is 0 Å². The molecule has 0 aliphatic rings. The van der Waals surface area contributed by atoms with Gasteiger partial charge in [-0.25, -0.2) is 0 Å². The monoisotopic (exact) mass is 640 g/mol. The molecule has 0 fully saturated rings. The highest BCUT2D eigenvalue weighted by Crippen LogP contribution is 2.52. The number of hydrogen-bond acceptors (Lipinski definition) is 4. The van der Waals surface area contributed by atoms with Gasteiger partial charge in [-0.1, -0.05) is 133 Å². The van der Waals surface area contributed by atoms with Crippen molar-refractivity contribution in [3.8, 4) is 22.6 Å². The van der Waals surface area contributed by atoms with Crippen molar-refractivity contribution in [3.05, 3.63) is 157 Å². The number of anilines is 2. The van der Waals surface area contributed by atoms with Gasteiger partial charge in [-0.15, -0.1) is 0 Å². The topological polar surface area (TPSA) is 42.5 Å². The summed E-state index contributed by atoms with van der Waals surface area (Å²) in [4.78, 5) is 0. The molecule has 0 heterocycles. The van der Waals surface area contributed by atoms with Crippen LogP contribution in [0.3, 0.4) is 0 Å². The van der Waals surface area contributed by atoms with Crippen molar-refractivity contribution in [2.75, 3.05) is 24.4 Å². The predicted octanol–water partition coefficient (Wildman–Crippen LogP) is 8.91. The van der Waals surface area contributed by atoms with Crippen LogP contribution in [0.5, 0.6) is 11.5 Å². The summed E-state index contributed by atoms with van der Waals surface area (Å²) in [6.45, 7) is 4.32. The van der Waals surface area contributed by atoms with Crippen LogP contribution in [0.1, 0.15) is 11.1 Å². The third kappa shape index (κ3) is 6.65. The minimum atomic E-state index is -0.950. The Morgan fingerprint density at radius 1 is 0.391 bits per heavy atom. The molecule has 2 N–H and O–H groups in total. The summed E-state index contributed by atoms with van der Waals surface area (Å²) in [5.74, 6) is 1.56. The molecule has 0 radical (unpaired) electrons. The molecule has 0 aromatic heterocycles. The number of ether oxygens (including phenoxy) is 2. The maximum Gasteiger partial charge on any atom is 0.129 e. The summed E-state index contributed by atoms with van der Waals surface area (Å²) in [5, 5.41) is 13.0. The van der Waals surface area contributed by atoms with E-state index in [1.807, 2.05) is 0 Å². The molecule has 0 saturated carbocycles. The molecule has 0 bridgehead atoms. The van der Waals surface area contributed by atoms with Crippen molar-refractivity contribution in [2.24, 2.45) is 0 Å². The standard InChI is InChI=1S/C40H38N2O2P2/c1-29-25-27-35(43-3)37(39(29)41-45(31-17-9-5-10-18-31)32-19-11-6-12-20-32)38-36(44-4)28-26-30(2)40(38)42-46(33-21-13-7-14-22-33)34-23-15-8-16-24-34/h5-28,41-42H,1-4H3. The van der Waals surface area contributed by atoms with Crippen LogP contribution < -0.4 is 40.9 Å². The summed E-state index contributed by atoms with van der Waals surface area (Å²) in [7, 11) is 1.58. The minimum Gasteiger partial charge on any atom is -0.496 e. The fourth-order valence-electron chi connectivity index (χ4n) is 5.59. The van der Waals surface area contributed by atoms with E-state index in [4.69, 9.17) is 9.47 Å². The van der Waals surface area contributed by atoms with Gasteiger partial charge in [-0.3, -0.25) is 0 Å². The summed E-state index contributed by atoms with van der Waals surface area (Å²) < 4.78 is 12.3. The number of nitrogens with one attached hydrogen (secondary N) is 2. The van der Waals surface area contributed by atoms with Gasteiger partial charge < -0.3 is 19.6 Å². The summed E-state index contributed by atoms with van der Waals surface area (Å²) in [6.07, 6.45) is 0. The average molecular weight is 641 g/mol. The maximum absolute atomic E-state index is 6.15. The van der Waals surface area contributed by atoms with Gasteiger partial charge in [0.2, 0.25) is 0 Å². The predicted molar refractivity (Wildman–Crippen MR) is 200 cm³/mol. The second-order valence-electron chi connectivity index (χ2n) is 10.9. The van der Waals surface area contributed by atoms with E-state index >= 15 is 0 Å². The molecule has 0 aliphatic heterocycles. The number of aryl methyl sites for hydroxylation is 2. The lowest BCUT2D eigenvalue weighted by Gasteiger charge is -2.29. The normalized spacial score (nSPS) is 11.0.